The highest BCUT2D eigenvalue weighted by Gasteiger charge is 2.19. The molecule has 0 aliphatic rings. The Kier molecular flexibility index (Phi) is 11.5. The Labute approximate surface area is 176 Å². The van der Waals surface area contributed by atoms with Gasteiger partial charge in [0.2, 0.25) is 10.0 Å². The number of ether oxygens (including phenoxy) is 2. The molecule has 1 atom stereocenters. The fourth-order valence-corrected chi connectivity index (χ4v) is 4.08. The Hall–Kier alpha value is -1.39. The van der Waals surface area contributed by atoms with Gasteiger partial charge in [-0.1, -0.05) is 39.0 Å². The van der Waals surface area contributed by atoms with E-state index in [0.29, 0.717) is 6.42 Å². The average molecular weight is 454 g/mol. The molecular weight excluding hydrogens is 424 g/mol. The van der Waals surface area contributed by atoms with E-state index in [9.17, 15) is 22.0 Å². The highest BCUT2D eigenvalue weighted by molar-refractivity contribution is 7.89. The number of nitrogens with one attached hydrogen (secondary N) is 1. The van der Waals surface area contributed by atoms with Gasteiger partial charge >= 0.3 is 5.97 Å². The molecule has 0 bridgehead atoms. The third-order valence-electron chi connectivity index (χ3n) is 4.23. The summed E-state index contributed by atoms with van der Waals surface area (Å²) >= 11 is 4.23. The number of esters is 1. The van der Waals surface area contributed by atoms with Gasteiger partial charge in [0, 0.05) is 11.8 Å². The second-order valence-electron chi connectivity index (χ2n) is 6.63. The third kappa shape index (κ3) is 9.77. The SMILES string of the molecule is CCCCCCCCS(=O)(=O)NCC(S)c1cc(F)c(OCC(=O)OC)c(F)c1. The first-order valence-electron chi connectivity index (χ1n) is 9.54. The van der Waals surface area contributed by atoms with E-state index in [-0.39, 0.29) is 17.9 Å². The largest absolute Gasteiger partial charge is 0.476 e. The molecule has 0 saturated carbocycles. The van der Waals surface area contributed by atoms with Gasteiger partial charge in [0.15, 0.2) is 24.0 Å². The normalized spacial score (nSPS) is 12.6. The predicted octanol–water partition coefficient (Wildman–Crippen LogP) is 3.77. The van der Waals surface area contributed by atoms with Crippen LogP contribution >= 0.6 is 12.6 Å². The minimum atomic E-state index is -3.49. The summed E-state index contributed by atoms with van der Waals surface area (Å²) in [5.41, 5.74) is 0.149. The average Bonchev–Trinajstić information content (AvgIpc) is 2.67. The number of methoxy groups -OCH3 is 1. The zero-order chi connectivity index (χ0) is 21.9. The van der Waals surface area contributed by atoms with E-state index in [2.05, 4.69) is 29.0 Å². The van der Waals surface area contributed by atoms with Crippen LogP contribution in [0.25, 0.3) is 0 Å². The standard InChI is InChI=1S/C19H29F2NO5S2/c1-3-4-5-6-7-8-9-29(24,25)22-12-17(28)14-10-15(20)19(16(21)11-14)27-13-18(23)26-2/h10-11,17,22,28H,3-9,12-13H2,1-2H3. The molecule has 0 fully saturated rings. The van der Waals surface area contributed by atoms with Gasteiger partial charge in [-0.05, 0) is 24.1 Å². The van der Waals surface area contributed by atoms with E-state index < -0.39 is 45.2 Å². The highest BCUT2D eigenvalue weighted by atomic mass is 32.2. The van der Waals surface area contributed by atoms with Gasteiger partial charge in [0.25, 0.3) is 0 Å². The maximum Gasteiger partial charge on any atom is 0.343 e. The molecule has 1 aromatic carbocycles. The summed E-state index contributed by atoms with van der Waals surface area (Å²) < 4.78 is 63.9. The van der Waals surface area contributed by atoms with Crippen LogP contribution in [0.1, 0.15) is 56.3 Å². The number of hydrogen-bond donors (Lipinski definition) is 2. The van der Waals surface area contributed by atoms with Crippen molar-refractivity contribution in [2.24, 2.45) is 0 Å². The lowest BCUT2D eigenvalue weighted by Crippen LogP contribution is -2.29. The molecule has 1 rings (SSSR count). The van der Waals surface area contributed by atoms with Crippen molar-refractivity contribution in [1.29, 1.82) is 0 Å². The first kappa shape index (κ1) is 25.6. The molecule has 0 aliphatic heterocycles. The van der Waals surface area contributed by atoms with Crippen molar-refractivity contribution in [3.63, 3.8) is 0 Å². The van der Waals surface area contributed by atoms with Gasteiger partial charge in [-0.25, -0.2) is 26.7 Å². The number of thiol groups is 1. The van der Waals surface area contributed by atoms with E-state index >= 15 is 0 Å². The number of unbranched alkanes of at least 4 members (excludes halogenated alkanes) is 5. The maximum atomic E-state index is 14.1. The molecule has 0 saturated heterocycles. The molecule has 0 heterocycles. The second-order valence-corrected chi connectivity index (χ2v) is 9.18. The molecule has 0 aliphatic carbocycles. The van der Waals surface area contributed by atoms with Crippen LogP contribution in [0.4, 0.5) is 8.78 Å². The topological polar surface area (TPSA) is 81.7 Å². The van der Waals surface area contributed by atoms with E-state index in [1.165, 1.54) is 0 Å². The monoisotopic (exact) mass is 453 g/mol. The molecule has 29 heavy (non-hydrogen) atoms. The van der Waals surface area contributed by atoms with Crippen LogP contribution in [0.3, 0.4) is 0 Å². The lowest BCUT2D eigenvalue weighted by atomic mass is 10.1. The van der Waals surface area contributed by atoms with Crippen molar-refractivity contribution >= 4 is 28.6 Å². The number of benzene rings is 1. The van der Waals surface area contributed by atoms with Gasteiger partial charge in [-0.15, -0.1) is 0 Å². The number of carbonyl (C=O) groups is 1. The maximum absolute atomic E-state index is 14.1. The summed E-state index contributed by atoms with van der Waals surface area (Å²) in [6.07, 6.45) is 5.77. The smallest absolute Gasteiger partial charge is 0.343 e. The predicted molar refractivity (Wildman–Crippen MR) is 111 cm³/mol. The van der Waals surface area contributed by atoms with Crippen molar-refractivity contribution in [2.45, 2.75) is 50.7 Å². The first-order valence-corrected chi connectivity index (χ1v) is 11.7. The van der Waals surface area contributed by atoms with Crippen LogP contribution < -0.4 is 9.46 Å². The Morgan fingerprint density at radius 3 is 2.31 bits per heavy atom. The third-order valence-corrected chi connectivity index (χ3v) is 6.14. The minimum absolute atomic E-state index is 0.00263. The van der Waals surface area contributed by atoms with Crippen LogP contribution in [0.2, 0.25) is 0 Å². The molecule has 0 amide bonds. The van der Waals surface area contributed by atoms with Gasteiger partial charge in [-0.3, -0.25) is 0 Å². The molecule has 0 spiro atoms. The Balaban J connectivity index is 2.56. The molecule has 10 heteroatoms. The number of sulfonamides is 1. The molecule has 166 valence electrons. The van der Waals surface area contributed by atoms with Crippen LogP contribution in [0.5, 0.6) is 5.75 Å². The second kappa shape index (κ2) is 13.0. The summed E-state index contributed by atoms with van der Waals surface area (Å²) in [5.74, 6) is -3.51. The summed E-state index contributed by atoms with van der Waals surface area (Å²) in [5, 5.41) is -0.756. The Morgan fingerprint density at radius 2 is 1.72 bits per heavy atom. The first-order chi connectivity index (χ1) is 13.7. The van der Waals surface area contributed by atoms with Crippen LogP contribution in [-0.4, -0.2) is 40.4 Å². The van der Waals surface area contributed by atoms with Crippen molar-refractivity contribution in [3.8, 4) is 5.75 Å². The number of carbonyl (C=O) groups excluding carboxylic acids is 1. The van der Waals surface area contributed by atoms with Crippen LogP contribution in [0.15, 0.2) is 12.1 Å². The zero-order valence-corrected chi connectivity index (χ0v) is 18.5. The van der Waals surface area contributed by atoms with E-state index in [0.717, 1.165) is 51.3 Å². The molecule has 0 aromatic heterocycles. The lowest BCUT2D eigenvalue weighted by molar-refractivity contribution is -0.143. The van der Waals surface area contributed by atoms with E-state index in [1.54, 1.807) is 0 Å². The van der Waals surface area contributed by atoms with Crippen molar-refractivity contribution in [3.05, 3.63) is 29.3 Å². The summed E-state index contributed by atoms with van der Waals surface area (Å²) in [6.45, 7) is 1.37. The molecule has 1 unspecified atom stereocenters. The molecule has 6 nitrogen and oxygen atoms in total. The lowest BCUT2D eigenvalue weighted by Gasteiger charge is -2.15. The quantitative estimate of drug-likeness (QED) is 0.255. The summed E-state index contributed by atoms with van der Waals surface area (Å²) in [6, 6.07) is 1.99. The Bertz CT molecular complexity index is 736. The van der Waals surface area contributed by atoms with Gasteiger partial charge < -0.3 is 9.47 Å². The van der Waals surface area contributed by atoms with Gasteiger partial charge in [0.05, 0.1) is 12.9 Å². The summed E-state index contributed by atoms with van der Waals surface area (Å²) in [7, 11) is -2.36. The highest BCUT2D eigenvalue weighted by Crippen LogP contribution is 2.28. The minimum Gasteiger partial charge on any atom is -0.476 e. The van der Waals surface area contributed by atoms with Gasteiger partial charge in [-0.2, -0.15) is 12.6 Å². The fraction of sp³-hybridized carbons (Fsp3) is 0.632. The molecule has 0 radical (unpaired) electrons. The van der Waals surface area contributed by atoms with E-state index in [1.807, 2.05) is 0 Å². The number of rotatable bonds is 14. The van der Waals surface area contributed by atoms with Crippen molar-refractivity contribution < 1.29 is 31.5 Å². The molecule has 1 N–H and O–H groups in total. The Morgan fingerprint density at radius 1 is 1.14 bits per heavy atom. The van der Waals surface area contributed by atoms with Crippen LogP contribution in [0, 0.1) is 11.6 Å². The van der Waals surface area contributed by atoms with Crippen molar-refractivity contribution in [2.75, 3.05) is 26.0 Å². The van der Waals surface area contributed by atoms with Crippen molar-refractivity contribution in [1.82, 2.24) is 4.72 Å². The van der Waals surface area contributed by atoms with Gasteiger partial charge in [0.1, 0.15) is 0 Å². The number of halogens is 2. The fourth-order valence-electron chi connectivity index (χ4n) is 2.57. The van der Waals surface area contributed by atoms with Crippen LogP contribution in [-0.2, 0) is 19.6 Å². The molecule has 1 aromatic rings. The number of hydrogen-bond acceptors (Lipinski definition) is 6. The zero-order valence-electron chi connectivity index (χ0n) is 16.7. The summed E-state index contributed by atoms with van der Waals surface area (Å²) in [4.78, 5) is 11.0. The van der Waals surface area contributed by atoms with E-state index in [4.69, 9.17) is 4.74 Å². The molecular formula is C19H29F2NO5S2.